The lowest BCUT2D eigenvalue weighted by Gasteiger charge is -2.28. The molecule has 7 heteroatoms. The highest BCUT2D eigenvalue weighted by Crippen LogP contribution is 2.30. The van der Waals surface area contributed by atoms with E-state index in [1.165, 1.54) is 4.31 Å². The van der Waals surface area contributed by atoms with Crippen molar-refractivity contribution in [2.45, 2.75) is 17.7 Å². The van der Waals surface area contributed by atoms with Gasteiger partial charge >= 0.3 is 0 Å². The Hall–Kier alpha value is -0.420. The van der Waals surface area contributed by atoms with Gasteiger partial charge in [0, 0.05) is 28.0 Å². The summed E-state index contributed by atoms with van der Waals surface area (Å²) in [6.07, 6.45) is 1.20. The Balaban J connectivity index is 2.29. The van der Waals surface area contributed by atoms with Crippen molar-refractivity contribution in [3.05, 3.63) is 27.1 Å². The third kappa shape index (κ3) is 3.19. The Labute approximate surface area is 129 Å². The minimum absolute atomic E-state index is 0.0302. The molecule has 19 heavy (non-hydrogen) atoms. The summed E-state index contributed by atoms with van der Waals surface area (Å²) in [5, 5.41) is 8.85. The maximum atomic E-state index is 12.5. The third-order valence-electron chi connectivity index (χ3n) is 3.15. The lowest BCUT2D eigenvalue weighted by atomic mass is 10.0. The van der Waals surface area contributed by atoms with Gasteiger partial charge in [0.15, 0.2) is 0 Å². The van der Waals surface area contributed by atoms with E-state index in [1.807, 2.05) is 0 Å². The molecule has 1 fully saturated rings. The van der Waals surface area contributed by atoms with Gasteiger partial charge in [-0.05, 0) is 47.0 Å². The van der Waals surface area contributed by atoms with Gasteiger partial charge < -0.3 is 0 Å². The Morgan fingerprint density at radius 1 is 1.26 bits per heavy atom. The smallest absolute Gasteiger partial charge is 0.207 e. The molecule has 0 unspecified atom stereocenters. The molecule has 1 saturated heterocycles. The van der Waals surface area contributed by atoms with Crippen molar-refractivity contribution in [1.29, 1.82) is 5.26 Å². The van der Waals surface area contributed by atoms with Gasteiger partial charge in [-0.2, -0.15) is 9.57 Å². The van der Waals surface area contributed by atoms with Crippen LogP contribution in [0.15, 0.2) is 32.0 Å². The number of halogens is 2. The fourth-order valence-corrected chi connectivity index (χ4v) is 4.97. The molecule has 4 nitrogen and oxygen atoms in total. The first-order chi connectivity index (χ1) is 8.95. The number of sulfonamides is 1. The highest BCUT2D eigenvalue weighted by molar-refractivity contribution is 9.11. The van der Waals surface area contributed by atoms with Crippen LogP contribution in [0, 0.1) is 17.2 Å². The van der Waals surface area contributed by atoms with Gasteiger partial charge in [-0.25, -0.2) is 8.42 Å². The number of nitrogens with zero attached hydrogens (tertiary/aromatic N) is 2. The second kappa shape index (κ2) is 5.92. The van der Waals surface area contributed by atoms with Crippen molar-refractivity contribution in [2.75, 3.05) is 13.1 Å². The van der Waals surface area contributed by atoms with E-state index >= 15 is 0 Å². The maximum absolute atomic E-state index is 12.5. The van der Waals surface area contributed by atoms with Crippen LogP contribution < -0.4 is 0 Å². The molecule has 0 radical (unpaired) electrons. The van der Waals surface area contributed by atoms with Crippen LogP contribution in [0.5, 0.6) is 0 Å². The fourth-order valence-electron chi connectivity index (χ4n) is 2.04. The second-order valence-corrected chi connectivity index (χ2v) is 8.06. The van der Waals surface area contributed by atoms with Crippen LogP contribution in [0.2, 0.25) is 0 Å². The normalized spacial score (nSPS) is 18.2. The maximum Gasteiger partial charge on any atom is 0.244 e. The molecule has 0 saturated carbocycles. The predicted octanol–water partition coefficient (Wildman–Crippen LogP) is 3.14. The van der Waals surface area contributed by atoms with E-state index in [4.69, 9.17) is 5.26 Å². The molecule has 0 amide bonds. The molecular formula is C12H12Br2N2O2S. The summed E-state index contributed by atoms with van der Waals surface area (Å²) in [6, 6.07) is 7.28. The van der Waals surface area contributed by atoms with E-state index in [1.54, 1.807) is 18.2 Å². The topological polar surface area (TPSA) is 61.2 Å². The van der Waals surface area contributed by atoms with Gasteiger partial charge in [-0.15, -0.1) is 0 Å². The largest absolute Gasteiger partial charge is 0.244 e. The molecule has 1 aromatic carbocycles. The van der Waals surface area contributed by atoms with Crippen LogP contribution in [0.4, 0.5) is 0 Å². The first-order valence-corrected chi connectivity index (χ1v) is 8.82. The third-order valence-corrected chi connectivity index (χ3v) is 6.53. The molecule has 1 aromatic rings. The lowest BCUT2D eigenvalue weighted by Crippen LogP contribution is -2.38. The quantitative estimate of drug-likeness (QED) is 0.756. The van der Waals surface area contributed by atoms with Crippen LogP contribution in [-0.2, 0) is 10.0 Å². The first-order valence-electron chi connectivity index (χ1n) is 5.80. The monoisotopic (exact) mass is 406 g/mol. The van der Waals surface area contributed by atoms with E-state index < -0.39 is 10.0 Å². The average Bonchev–Trinajstić information content (AvgIpc) is 2.41. The Morgan fingerprint density at radius 2 is 1.89 bits per heavy atom. The predicted molar refractivity (Wildman–Crippen MR) is 78.9 cm³/mol. The first kappa shape index (κ1) is 15.0. The molecule has 0 spiro atoms. The summed E-state index contributed by atoms with van der Waals surface area (Å²) < 4.78 is 27.8. The zero-order chi connectivity index (χ0) is 14.0. The Bertz CT molecular complexity index is 617. The van der Waals surface area contributed by atoms with Crippen LogP contribution in [0.3, 0.4) is 0 Å². The number of piperidine rings is 1. The van der Waals surface area contributed by atoms with Crippen molar-refractivity contribution >= 4 is 41.9 Å². The summed E-state index contributed by atoms with van der Waals surface area (Å²) in [5.74, 6) is -0.0302. The SMILES string of the molecule is N#CC1CCN(S(=O)(=O)c2cc(Br)ccc2Br)CC1. The van der Waals surface area contributed by atoms with Crippen molar-refractivity contribution in [3.8, 4) is 6.07 Å². The summed E-state index contributed by atoms with van der Waals surface area (Å²) in [5.41, 5.74) is 0. The molecule has 1 aliphatic rings. The van der Waals surface area contributed by atoms with Crippen LogP contribution in [0.1, 0.15) is 12.8 Å². The minimum Gasteiger partial charge on any atom is -0.207 e. The van der Waals surface area contributed by atoms with Crippen LogP contribution in [-0.4, -0.2) is 25.8 Å². The molecule has 0 N–H and O–H groups in total. The molecular weight excluding hydrogens is 396 g/mol. The van der Waals surface area contributed by atoms with Gasteiger partial charge in [0.05, 0.1) is 11.0 Å². The summed E-state index contributed by atoms with van der Waals surface area (Å²) in [7, 11) is -3.50. The zero-order valence-electron chi connectivity index (χ0n) is 10.0. The molecule has 1 aliphatic heterocycles. The summed E-state index contributed by atoms with van der Waals surface area (Å²) in [6.45, 7) is 0.805. The van der Waals surface area contributed by atoms with Gasteiger partial charge in [-0.3, -0.25) is 0 Å². The van der Waals surface area contributed by atoms with Gasteiger partial charge in [-0.1, -0.05) is 15.9 Å². The van der Waals surface area contributed by atoms with E-state index in [-0.39, 0.29) is 10.8 Å². The Morgan fingerprint density at radius 3 is 2.47 bits per heavy atom. The molecule has 0 atom stereocenters. The second-order valence-electron chi connectivity index (χ2n) is 4.38. The van der Waals surface area contributed by atoms with Crippen molar-refractivity contribution in [2.24, 2.45) is 5.92 Å². The van der Waals surface area contributed by atoms with E-state index in [0.29, 0.717) is 30.4 Å². The van der Waals surface area contributed by atoms with E-state index in [9.17, 15) is 8.42 Å². The Kier molecular flexibility index (Phi) is 4.66. The van der Waals surface area contributed by atoms with Gasteiger partial charge in [0.1, 0.15) is 0 Å². The molecule has 2 rings (SSSR count). The molecule has 0 aliphatic carbocycles. The number of benzene rings is 1. The molecule has 102 valence electrons. The highest BCUT2D eigenvalue weighted by Gasteiger charge is 2.30. The highest BCUT2D eigenvalue weighted by atomic mass is 79.9. The van der Waals surface area contributed by atoms with Gasteiger partial charge in [0.25, 0.3) is 0 Å². The lowest BCUT2D eigenvalue weighted by molar-refractivity contribution is 0.310. The van der Waals surface area contributed by atoms with Crippen molar-refractivity contribution < 1.29 is 8.42 Å². The zero-order valence-corrected chi connectivity index (χ0v) is 14.0. The van der Waals surface area contributed by atoms with Gasteiger partial charge in [0.2, 0.25) is 10.0 Å². The molecule has 0 bridgehead atoms. The molecule has 1 heterocycles. The van der Waals surface area contributed by atoms with E-state index in [0.717, 1.165) is 4.47 Å². The number of rotatable bonds is 2. The number of nitriles is 1. The summed E-state index contributed by atoms with van der Waals surface area (Å²) in [4.78, 5) is 0.261. The van der Waals surface area contributed by atoms with Crippen molar-refractivity contribution in [1.82, 2.24) is 4.31 Å². The van der Waals surface area contributed by atoms with Crippen molar-refractivity contribution in [3.63, 3.8) is 0 Å². The molecule has 0 aromatic heterocycles. The standard InChI is InChI=1S/C12H12Br2N2O2S/c13-10-1-2-11(14)12(7-10)19(17,18)16-5-3-9(8-15)4-6-16/h1-2,7,9H,3-6H2. The number of hydrogen-bond donors (Lipinski definition) is 0. The fraction of sp³-hybridized carbons (Fsp3) is 0.417. The number of hydrogen-bond acceptors (Lipinski definition) is 3. The van der Waals surface area contributed by atoms with Crippen LogP contribution in [0.25, 0.3) is 0 Å². The van der Waals surface area contributed by atoms with E-state index in [2.05, 4.69) is 37.9 Å². The van der Waals surface area contributed by atoms with Crippen LogP contribution >= 0.6 is 31.9 Å². The minimum atomic E-state index is -3.50. The summed E-state index contributed by atoms with van der Waals surface area (Å²) >= 11 is 6.57. The average molecular weight is 408 g/mol.